The largest absolute Gasteiger partial charge is 0.477 e. The molecule has 0 amide bonds. The van der Waals surface area contributed by atoms with E-state index in [0.717, 1.165) is 12.7 Å². The lowest BCUT2D eigenvalue weighted by Gasteiger charge is -2.41. The summed E-state index contributed by atoms with van der Waals surface area (Å²) < 4.78 is 19.6. The van der Waals surface area contributed by atoms with E-state index in [4.69, 9.17) is 4.74 Å². The van der Waals surface area contributed by atoms with Crippen LogP contribution in [0, 0.1) is 11.8 Å². The Morgan fingerprint density at radius 2 is 1.95 bits per heavy atom. The van der Waals surface area contributed by atoms with Crippen molar-refractivity contribution in [1.82, 2.24) is 0 Å². The van der Waals surface area contributed by atoms with Gasteiger partial charge in [0.15, 0.2) is 0 Å². The maximum atomic E-state index is 14.8. The molecule has 2 rings (SSSR count). The summed E-state index contributed by atoms with van der Waals surface area (Å²) in [5.74, 6) is -4.83. The first kappa shape index (κ1) is 21.2. The standard InChI is InChI=1S/C16H21FO3.2ClH/c1-10(2)14-12-7-5-4-6-11(12)8-9-13(14)16(17,20-3)15(18)19;;/h4-7,10,13-14H,8-9H2,1-3H3,(H,18,19);2*1H. The van der Waals surface area contributed by atoms with Gasteiger partial charge in [0.1, 0.15) is 0 Å². The minimum atomic E-state index is -2.62. The Balaban J connectivity index is 0.00000220. The van der Waals surface area contributed by atoms with Crippen LogP contribution in [0.25, 0.3) is 0 Å². The summed E-state index contributed by atoms with van der Waals surface area (Å²) in [4.78, 5) is 11.3. The van der Waals surface area contributed by atoms with Crippen molar-refractivity contribution in [2.75, 3.05) is 7.11 Å². The van der Waals surface area contributed by atoms with Gasteiger partial charge in [0, 0.05) is 13.0 Å². The van der Waals surface area contributed by atoms with E-state index in [0.29, 0.717) is 12.8 Å². The van der Waals surface area contributed by atoms with Crippen molar-refractivity contribution in [3.8, 4) is 0 Å². The summed E-state index contributed by atoms with van der Waals surface area (Å²) in [5.41, 5.74) is 2.24. The molecule has 0 bridgehead atoms. The molecular formula is C16H23Cl2FO3. The molecule has 3 unspecified atom stereocenters. The molecule has 0 radical (unpaired) electrons. The molecule has 0 saturated carbocycles. The molecule has 0 aromatic heterocycles. The lowest BCUT2D eigenvalue weighted by molar-refractivity contribution is -0.208. The number of aryl methyl sites for hydroxylation is 1. The third kappa shape index (κ3) is 3.55. The average molecular weight is 353 g/mol. The van der Waals surface area contributed by atoms with Crippen LogP contribution in [0.5, 0.6) is 0 Å². The quantitative estimate of drug-likeness (QED) is 0.881. The fourth-order valence-electron chi connectivity index (χ4n) is 3.43. The van der Waals surface area contributed by atoms with Crippen LogP contribution in [-0.2, 0) is 16.0 Å². The number of fused-ring (bicyclic) bond motifs is 1. The molecule has 1 aliphatic rings. The summed E-state index contributed by atoms with van der Waals surface area (Å²) in [6.07, 6.45) is 1.17. The highest BCUT2D eigenvalue weighted by Gasteiger charge is 2.52. The zero-order valence-electron chi connectivity index (χ0n) is 12.9. The van der Waals surface area contributed by atoms with Crippen molar-refractivity contribution in [2.45, 2.75) is 38.5 Å². The fourth-order valence-corrected chi connectivity index (χ4v) is 3.43. The molecule has 1 N–H and O–H groups in total. The van der Waals surface area contributed by atoms with Gasteiger partial charge in [-0.2, -0.15) is 4.39 Å². The highest BCUT2D eigenvalue weighted by molar-refractivity contribution is 5.85. The Labute approximate surface area is 143 Å². The Kier molecular flexibility index (Phi) is 7.83. The molecular weight excluding hydrogens is 330 g/mol. The van der Waals surface area contributed by atoms with Crippen LogP contribution in [0.2, 0.25) is 0 Å². The van der Waals surface area contributed by atoms with E-state index >= 15 is 0 Å². The lowest BCUT2D eigenvalue weighted by Crippen LogP contribution is -2.48. The van der Waals surface area contributed by atoms with Gasteiger partial charge in [-0.3, -0.25) is 0 Å². The first-order valence-corrected chi connectivity index (χ1v) is 6.97. The number of rotatable bonds is 4. The van der Waals surface area contributed by atoms with E-state index in [1.165, 1.54) is 5.56 Å². The van der Waals surface area contributed by atoms with E-state index < -0.39 is 17.7 Å². The van der Waals surface area contributed by atoms with Crippen LogP contribution in [0.4, 0.5) is 4.39 Å². The molecule has 6 heteroatoms. The minimum absolute atomic E-state index is 0. The Bertz CT molecular complexity index is 510. The van der Waals surface area contributed by atoms with Crippen LogP contribution < -0.4 is 0 Å². The molecule has 1 aromatic carbocycles. The number of carboxylic acids is 1. The molecule has 1 aromatic rings. The molecule has 3 nitrogen and oxygen atoms in total. The first-order chi connectivity index (χ1) is 9.41. The highest BCUT2D eigenvalue weighted by atomic mass is 35.5. The van der Waals surface area contributed by atoms with Gasteiger partial charge in [-0.15, -0.1) is 24.8 Å². The van der Waals surface area contributed by atoms with Crippen molar-refractivity contribution in [1.29, 1.82) is 0 Å². The topological polar surface area (TPSA) is 46.5 Å². The van der Waals surface area contributed by atoms with Crippen molar-refractivity contribution in [3.05, 3.63) is 35.4 Å². The van der Waals surface area contributed by atoms with Gasteiger partial charge in [0.2, 0.25) is 0 Å². The van der Waals surface area contributed by atoms with Gasteiger partial charge in [-0.05, 0) is 35.8 Å². The van der Waals surface area contributed by atoms with Crippen LogP contribution in [-0.4, -0.2) is 24.0 Å². The second kappa shape index (κ2) is 8.14. The van der Waals surface area contributed by atoms with Crippen molar-refractivity contribution in [2.24, 2.45) is 11.8 Å². The second-order valence-electron chi connectivity index (χ2n) is 5.77. The molecule has 0 fully saturated rings. The third-order valence-corrected chi connectivity index (χ3v) is 4.36. The smallest absolute Gasteiger partial charge is 0.369 e. The number of aliphatic carboxylic acids is 1. The van der Waals surface area contributed by atoms with Crippen molar-refractivity contribution < 1.29 is 19.0 Å². The van der Waals surface area contributed by atoms with Crippen LogP contribution >= 0.6 is 24.8 Å². The summed E-state index contributed by atoms with van der Waals surface area (Å²) in [6.45, 7) is 4.00. The van der Waals surface area contributed by atoms with Gasteiger partial charge in [0.25, 0.3) is 0 Å². The molecule has 1 aliphatic carbocycles. The number of hydrogen-bond acceptors (Lipinski definition) is 2. The maximum absolute atomic E-state index is 14.8. The van der Waals surface area contributed by atoms with Gasteiger partial charge < -0.3 is 9.84 Å². The summed E-state index contributed by atoms with van der Waals surface area (Å²) in [5, 5.41) is 9.23. The molecule has 0 heterocycles. The van der Waals surface area contributed by atoms with E-state index in [1.54, 1.807) is 0 Å². The van der Waals surface area contributed by atoms with Gasteiger partial charge in [-0.25, -0.2) is 4.79 Å². The predicted octanol–water partition coefficient (Wildman–Crippen LogP) is 4.23. The molecule has 3 atom stereocenters. The number of carboxylic acid groups (broad SMARTS) is 1. The number of hydrogen-bond donors (Lipinski definition) is 1. The van der Waals surface area contributed by atoms with Crippen LogP contribution in [0.1, 0.15) is 37.3 Å². The molecule has 22 heavy (non-hydrogen) atoms. The number of ether oxygens (including phenoxy) is 1. The van der Waals surface area contributed by atoms with E-state index in [2.05, 4.69) is 0 Å². The molecule has 0 aliphatic heterocycles. The zero-order chi connectivity index (χ0) is 14.9. The monoisotopic (exact) mass is 352 g/mol. The summed E-state index contributed by atoms with van der Waals surface area (Å²) in [6, 6.07) is 7.90. The Hall–Kier alpha value is -0.840. The number of methoxy groups -OCH3 is 1. The number of halogens is 3. The predicted molar refractivity (Wildman–Crippen MR) is 88.8 cm³/mol. The number of carbonyl (C=O) groups is 1. The molecule has 0 spiro atoms. The molecule has 126 valence electrons. The lowest BCUT2D eigenvalue weighted by atomic mass is 9.67. The van der Waals surface area contributed by atoms with Crippen molar-refractivity contribution in [3.63, 3.8) is 0 Å². The maximum Gasteiger partial charge on any atom is 0.369 e. The second-order valence-corrected chi connectivity index (χ2v) is 5.77. The fraction of sp³-hybridized carbons (Fsp3) is 0.562. The van der Waals surface area contributed by atoms with Crippen LogP contribution in [0.15, 0.2) is 24.3 Å². The van der Waals surface area contributed by atoms with E-state index in [-0.39, 0.29) is 36.6 Å². The third-order valence-electron chi connectivity index (χ3n) is 4.36. The van der Waals surface area contributed by atoms with Crippen molar-refractivity contribution >= 4 is 30.8 Å². The van der Waals surface area contributed by atoms with Gasteiger partial charge in [-0.1, -0.05) is 38.1 Å². The molecule has 0 saturated heterocycles. The first-order valence-electron chi connectivity index (χ1n) is 6.97. The average Bonchev–Trinajstić information content (AvgIpc) is 2.44. The summed E-state index contributed by atoms with van der Waals surface area (Å²) in [7, 11) is 1.13. The Morgan fingerprint density at radius 3 is 2.45 bits per heavy atom. The van der Waals surface area contributed by atoms with Crippen LogP contribution in [0.3, 0.4) is 0 Å². The Morgan fingerprint density at radius 1 is 1.36 bits per heavy atom. The normalized spacial score (nSPS) is 22.8. The van der Waals surface area contributed by atoms with Gasteiger partial charge >= 0.3 is 11.8 Å². The van der Waals surface area contributed by atoms with E-state index in [9.17, 15) is 14.3 Å². The highest BCUT2D eigenvalue weighted by Crippen LogP contribution is 2.47. The number of benzene rings is 1. The number of alkyl halides is 1. The summed E-state index contributed by atoms with van der Waals surface area (Å²) >= 11 is 0. The van der Waals surface area contributed by atoms with E-state index in [1.807, 2.05) is 38.1 Å². The van der Waals surface area contributed by atoms with Gasteiger partial charge in [0.05, 0.1) is 0 Å². The zero-order valence-corrected chi connectivity index (χ0v) is 14.5. The minimum Gasteiger partial charge on any atom is -0.477 e. The SMILES string of the molecule is COC(F)(C(=O)O)C1CCc2ccccc2C1C(C)C.Cl.Cl.